The van der Waals surface area contributed by atoms with Crippen molar-refractivity contribution in [2.45, 2.75) is 13.8 Å². The van der Waals surface area contributed by atoms with E-state index in [4.69, 9.17) is 0 Å². The molecule has 0 unspecified atom stereocenters. The number of Topliss-reactive ketones (excluding diaryl/α,β-unsaturated/α-hetero) is 1. The van der Waals surface area contributed by atoms with Gasteiger partial charge in [-0.15, -0.1) is 11.3 Å². The molecule has 1 amide bonds. The minimum Gasteiger partial charge on any atom is -0.321 e. The normalized spacial score (nSPS) is 10.5. The van der Waals surface area contributed by atoms with Crippen LogP contribution in [0.5, 0.6) is 0 Å². The number of benzene rings is 1. The van der Waals surface area contributed by atoms with Gasteiger partial charge in [0.15, 0.2) is 11.6 Å². The molecule has 0 spiro atoms. The van der Waals surface area contributed by atoms with Crippen molar-refractivity contribution in [3.05, 3.63) is 52.0 Å². The minimum atomic E-state index is -0.245. The Balaban J connectivity index is 1.79. The van der Waals surface area contributed by atoms with Crippen molar-refractivity contribution in [1.29, 1.82) is 0 Å². The number of nitrogens with one attached hydrogen (secondary N) is 2. The number of thiophene rings is 1. The zero-order chi connectivity index (χ0) is 16.4. The summed E-state index contributed by atoms with van der Waals surface area (Å²) in [6.45, 7) is 3.31. The van der Waals surface area contributed by atoms with E-state index < -0.39 is 0 Å². The molecule has 23 heavy (non-hydrogen) atoms. The van der Waals surface area contributed by atoms with Crippen LogP contribution >= 0.6 is 11.3 Å². The molecule has 6 nitrogen and oxygen atoms in total. The van der Waals surface area contributed by atoms with Crippen LogP contribution in [-0.4, -0.2) is 26.9 Å². The quantitative estimate of drug-likeness (QED) is 0.720. The van der Waals surface area contributed by atoms with Crippen LogP contribution in [-0.2, 0) is 0 Å². The Bertz CT molecular complexity index is 882. The van der Waals surface area contributed by atoms with Gasteiger partial charge in [-0.1, -0.05) is 12.1 Å². The molecular weight excluding hydrogens is 312 g/mol. The lowest BCUT2D eigenvalue weighted by Gasteiger charge is -2.04. The van der Waals surface area contributed by atoms with Gasteiger partial charge >= 0.3 is 0 Å². The van der Waals surface area contributed by atoms with Gasteiger partial charge in [0.25, 0.3) is 5.91 Å². The third-order valence-corrected chi connectivity index (χ3v) is 4.34. The fraction of sp³-hybridized carbons (Fsp3) is 0.125. The highest BCUT2D eigenvalue weighted by molar-refractivity contribution is 7.16. The first kappa shape index (κ1) is 15.1. The van der Waals surface area contributed by atoms with Gasteiger partial charge in [0.1, 0.15) is 5.82 Å². The Morgan fingerprint density at radius 2 is 1.96 bits per heavy atom. The summed E-state index contributed by atoms with van der Waals surface area (Å²) in [7, 11) is 0. The Morgan fingerprint density at radius 1 is 1.17 bits per heavy atom. The average molecular weight is 326 g/mol. The van der Waals surface area contributed by atoms with Crippen LogP contribution in [0.25, 0.3) is 11.4 Å². The summed E-state index contributed by atoms with van der Waals surface area (Å²) in [5, 5.41) is 9.71. The third kappa shape index (κ3) is 3.35. The number of amides is 1. The van der Waals surface area contributed by atoms with Crippen LogP contribution in [0.1, 0.15) is 32.1 Å². The van der Waals surface area contributed by atoms with Crippen LogP contribution < -0.4 is 5.32 Å². The Labute approximate surface area is 136 Å². The van der Waals surface area contributed by atoms with Gasteiger partial charge in [-0.05, 0) is 38.1 Å². The van der Waals surface area contributed by atoms with Crippen molar-refractivity contribution in [3.63, 3.8) is 0 Å². The van der Waals surface area contributed by atoms with Crippen LogP contribution in [0.4, 0.5) is 5.69 Å². The van der Waals surface area contributed by atoms with Crippen LogP contribution in [0.15, 0.2) is 36.4 Å². The lowest BCUT2D eigenvalue weighted by molar-refractivity contribution is 0.101. The van der Waals surface area contributed by atoms with E-state index in [2.05, 4.69) is 20.5 Å². The van der Waals surface area contributed by atoms with E-state index in [0.29, 0.717) is 21.3 Å². The first-order valence-corrected chi connectivity index (χ1v) is 7.76. The molecule has 116 valence electrons. The molecule has 0 aliphatic carbocycles. The number of aromatic amines is 1. The highest BCUT2D eigenvalue weighted by Crippen LogP contribution is 2.22. The predicted molar refractivity (Wildman–Crippen MR) is 88.8 cm³/mol. The molecule has 7 heteroatoms. The van der Waals surface area contributed by atoms with Crippen molar-refractivity contribution in [1.82, 2.24) is 15.2 Å². The summed E-state index contributed by atoms with van der Waals surface area (Å²) in [4.78, 5) is 28.9. The number of carbonyl (C=O) groups is 2. The van der Waals surface area contributed by atoms with Gasteiger partial charge in [0.2, 0.25) is 0 Å². The standard InChI is InChI=1S/C16H14N4O2S/c1-9(21)13-6-7-14(23-13)16(22)18-12-5-3-4-11(8-12)15-17-10(2)19-20-15/h3-8H,1-2H3,(H,18,22)(H,17,19,20). The van der Waals surface area contributed by atoms with E-state index in [1.54, 1.807) is 24.3 Å². The highest BCUT2D eigenvalue weighted by Gasteiger charge is 2.12. The number of anilines is 1. The second kappa shape index (κ2) is 6.13. The fourth-order valence-corrected chi connectivity index (χ4v) is 2.85. The molecule has 0 saturated carbocycles. The summed E-state index contributed by atoms with van der Waals surface area (Å²) in [5.41, 5.74) is 1.45. The Morgan fingerprint density at radius 3 is 2.61 bits per heavy atom. The molecule has 0 fully saturated rings. The molecule has 2 aromatic heterocycles. The molecule has 0 aliphatic rings. The number of aryl methyl sites for hydroxylation is 1. The van der Waals surface area contributed by atoms with Gasteiger partial charge in [0.05, 0.1) is 9.75 Å². The molecular formula is C16H14N4O2S. The van der Waals surface area contributed by atoms with E-state index in [0.717, 1.165) is 11.4 Å². The fourth-order valence-electron chi connectivity index (χ4n) is 2.05. The number of carbonyl (C=O) groups excluding carboxylic acids is 2. The maximum Gasteiger partial charge on any atom is 0.265 e. The number of H-pyrrole nitrogens is 1. The van der Waals surface area contributed by atoms with Crippen molar-refractivity contribution < 1.29 is 9.59 Å². The molecule has 0 aliphatic heterocycles. The Hall–Kier alpha value is -2.80. The van der Waals surface area contributed by atoms with E-state index in [1.165, 1.54) is 18.3 Å². The molecule has 0 bridgehead atoms. The van der Waals surface area contributed by atoms with Crippen LogP contribution in [0.2, 0.25) is 0 Å². The number of hydrogen-bond donors (Lipinski definition) is 2. The first-order chi connectivity index (χ1) is 11.0. The summed E-state index contributed by atoms with van der Waals surface area (Å²) in [5.74, 6) is 1.01. The zero-order valence-corrected chi connectivity index (χ0v) is 13.4. The minimum absolute atomic E-state index is 0.0453. The predicted octanol–water partition coefficient (Wildman–Crippen LogP) is 3.30. The van der Waals surface area contributed by atoms with Gasteiger partial charge in [-0.25, -0.2) is 4.98 Å². The molecule has 2 heterocycles. The molecule has 1 aromatic carbocycles. The number of rotatable bonds is 4. The largest absolute Gasteiger partial charge is 0.321 e. The van der Waals surface area contributed by atoms with E-state index >= 15 is 0 Å². The maximum atomic E-state index is 12.3. The summed E-state index contributed by atoms with van der Waals surface area (Å²) < 4.78 is 0. The van der Waals surface area contributed by atoms with Gasteiger partial charge in [-0.2, -0.15) is 5.10 Å². The number of ketones is 1. The summed E-state index contributed by atoms with van der Waals surface area (Å²) in [6, 6.07) is 10.6. The van der Waals surface area contributed by atoms with Gasteiger partial charge in [0, 0.05) is 11.3 Å². The summed E-state index contributed by atoms with van der Waals surface area (Å²) >= 11 is 1.18. The SMILES string of the molecule is CC(=O)c1ccc(C(=O)Nc2cccc(-c3n[nH]c(C)n3)c2)s1. The summed E-state index contributed by atoms with van der Waals surface area (Å²) in [6.07, 6.45) is 0. The second-order valence-corrected chi connectivity index (χ2v) is 6.08. The van der Waals surface area contributed by atoms with Gasteiger partial charge < -0.3 is 5.32 Å². The van der Waals surface area contributed by atoms with Gasteiger partial charge in [-0.3, -0.25) is 14.7 Å². The molecule has 3 rings (SSSR count). The second-order valence-electron chi connectivity index (χ2n) is 5.00. The van der Waals surface area contributed by atoms with E-state index in [-0.39, 0.29) is 11.7 Å². The van der Waals surface area contributed by atoms with E-state index in [1.807, 2.05) is 19.1 Å². The van der Waals surface area contributed by atoms with Crippen molar-refractivity contribution in [3.8, 4) is 11.4 Å². The third-order valence-electron chi connectivity index (χ3n) is 3.15. The number of aromatic nitrogens is 3. The Kier molecular flexibility index (Phi) is 4.03. The highest BCUT2D eigenvalue weighted by atomic mass is 32.1. The molecule has 0 saturated heterocycles. The molecule has 0 atom stereocenters. The van der Waals surface area contributed by atoms with Crippen molar-refractivity contribution in [2.24, 2.45) is 0 Å². The van der Waals surface area contributed by atoms with E-state index in [9.17, 15) is 9.59 Å². The lowest BCUT2D eigenvalue weighted by atomic mass is 10.2. The first-order valence-electron chi connectivity index (χ1n) is 6.94. The maximum absolute atomic E-state index is 12.3. The molecule has 0 radical (unpaired) electrons. The number of nitrogens with zero attached hydrogens (tertiary/aromatic N) is 2. The number of hydrogen-bond acceptors (Lipinski definition) is 5. The van der Waals surface area contributed by atoms with Crippen molar-refractivity contribution >= 4 is 28.7 Å². The lowest BCUT2D eigenvalue weighted by Crippen LogP contribution is -2.10. The van der Waals surface area contributed by atoms with Crippen molar-refractivity contribution in [2.75, 3.05) is 5.32 Å². The molecule has 3 aromatic rings. The monoisotopic (exact) mass is 326 g/mol. The molecule has 2 N–H and O–H groups in total. The smallest absolute Gasteiger partial charge is 0.265 e. The van der Waals surface area contributed by atoms with Crippen LogP contribution in [0, 0.1) is 6.92 Å². The van der Waals surface area contributed by atoms with Crippen LogP contribution in [0.3, 0.4) is 0 Å². The zero-order valence-electron chi connectivity index (χ0n) is 12.6. The topological polar surface area (TPSA) is 87.7 Å². The average Bonchev–Trinajstić information content (AvgIpc) is 3.16.